The molecule has 0 aliphatic heterocycles. The minimum atomic E-state index is 0.646. The third-order valence-corrected chi connectivity index (χ3v) is 2.65. The maximum atomic E-state index is 5.25. The van der Waals surface area contributed by atoms with Crippen LogP contribution in [0.25, 0.3) is 11.4 Å². The molecule has 0 radical (unpaired) electrons. The van der Waals surface area contributed by atoms with Crippen LogP contribution in [0, 0.1) is 0 Å². The van der Waals surface area contributed by atoms with Gasteiger partial charge in [-0.15, -0.1) is 0 Å². The average molecular weight is 246 g/mol. The first kappa shape index (κ1) is 12.7. The van der Waals surface area contributed by atoms with E-state index in [-0.39, 0.29) is 0 Å². The van der Waals surface area contributed by atoms with Crippen molar-refractivity contribution in [2.45, 2.75) is 6.54 Å². The summed E-state index contributed by atoms with van der Waals surface area (Å²) >= 11 is 0. The van der Waals surface area contributed by atoms with Crippen LogP contribution < -0.4 is 5.32 Å². The molecule has 0 fully saturated rings. The number of benzene rings is 1. The van der Waals surface area contributed by atoms with E-state index >= 15 is 0 Å². The molecule has 0 saturated carbocycles. The molecular weight excluding hydrogens is 228 g/mol. The van der Waals surface area contributed by atoms with Crippen molar-refractivity contribution in [1.82, 2.24) is 20.4 Å². The van der Waals surface area contributed by atoms with Gasteiger partial charge in [-0.1, -0.05) is 35.5 Å². The Morgan fingerprint density at radius 3 is 2.78 bits per heavy atom. The Balaban J connectivity index is 1.98. The van der Waals surface area contributed by atoms with Crippen LogP contribution >= 0.6 is 0 Å². The van der Waals surface area contributed by atoms with Gasteiger partial charge in [0.25, 0.3) is 0 Å². The van der Waals surface area contributed by atoms with Crippen molar-refractivity contribution in [1.29, 1.82) is 0 Å². The Bertz CT molecular complexity index is 469. The highest BCUT2D eigenvalue weighted by Crippen LogP contribution is 2.15. The van der Waals surface area contributed by atoms with Gasteiger partial charge in [0, 0.05) is 18.7 Å². The summed E-state index contributed by atoms with van der Waals surface area (Å²) < 4.78 is 5.25. The molecule has 0 amide bonds. The molecule has 5 heteroatoms. The van der Waals surface area contributed by atoms with Gasteiger partial charge < -0.3 is 9.84 Å². The van der Waals surface area contributed by atoms with Gasteiger partial charge in [0.1, 0.15) is 0 Å². The zero-order chi connectivity index (χ0) is 12.8. The maximum Gasteiger partial charge on any atom is 0.241 e. The number of hydrogen-bond acceptors (Lipinski definition) is 5. The van der Waals surface area contributed by atoms with Crippen LogP contribution in [0.1, 0.15) is 5.89 Å². The molecule has 18 heavy (non-hydrogen) atoms. The summed E-state index contributed by atoms with van der Waals surface area (Å²) in [6.45, 7) is 2.55. The standard InChI is InChI=1S/C13H18N4O/c1-14-8-9-17(2)10-12-15-13(16-18-12)11-6-4-3-5-7-11/h3-7,14H,8-10H2,1-2H3. The minimum Gasteiger partial charge on any atom is -0.338 e. The molecule has 96 valence electrons. The number of nitrogens with zero attached hydrogens (tertiary/aromatic N) is 3. The second-order valence-electron chi connectivity index (χ2n) is 4.22. The number of nitrogens with one attached hydrogen (secondary N) is 1. The number of likely N-dealkylation sites (N-methyl/N-ethyl adjacent to an activating group) is 2. The van der Waals surface area contributed by atoms with E-state index in [2.05, 4.69) is 20.4 Å². The predicted molar refractivity (Wildman–Crippen MR) is 70.0 cm³/mol. The SMILES string of the molecule is CNCCN(C)Cc1nc(-c2ccccc2)no1. The normalized spacial score (nSPS) is 11.1. The highest BCUT2D eigenvalue weighted by atomic mass is 16.5. The first-order valence-corrected chi connectivity index (χ1v) is 6.00. The van der Waals surface area contributed by atoms with Gasteiger partial charge in [0.05, 0.1) is 6.54 Å². The predicted octanol–water partition coefficient (Wildman–Crippen LogP) is 1.39. The van der Waals surface area contributed by atoms with Gasteiger partial charge in [-0.25, -0.2) is 0 Å². The molecular formula is C13H18N4O. The molecule has 1 N–H and O–H groups in total. The molecule has 0 unspecified atom stereocenters. The zero-order valence-electron chi connectivity index (χ0n) is 10.8. The molecule has 0 aliphatic carbocycles. The van der Waals surface area contributed by atoms with Gasteiger partial charge in [-0.2, -0.15) is 4.98 Å². The molecule has 5 nitrogen and oxygen atoms in total. The molecule has 2 aromatic rings. The molecule has 1 aromatic carbocycles. The van der Waals surface area contributed by atoms with Crippen LogP contribution in [-0.4, -0.2) is 42.2 Å². The van der Waals surface area contributed by atoms with Crippen LogP contribution in [0.4, 0.5) is 0 Å². The summed E-state index contributed by atoms with van der Waals surface area (Å²) in [4.78, 5) is 6.53. The van der Waals surface area contributed by atoms with Crippen LogP contribution in [0.15, 0.2) is 34.9 Å². The zero-order valence-corrected chi connectivity index (χ0v) is 10.8. The van der Waals surface area contributed by atoms with Crippen LogP contribution in [0.2, 0.25) is 0 Å². The van der Waals surface area contributed by atoms with Crippen molar-refractivity contribution in [2.24, 2.45) is 0 Å². The van der Waals surface area contributed by atoms with Crippen LogP contribution in [0.5, 0.6) is 0 Å². The highest BCUT2D eigenvalue weighted by molar-refractivity contribution is 5.53. The molecule has 1 aromatic heterocycles. The fourth-order valence-corrected chi connectivity index (χ4v) is 1.64. The van der Waals surface area contributed by atoms with Crippen molar-refractivity contribution >= 4 is 0 Å². The lowest BCUT2D eigenvalue weighted by atomic mass is 10.2. The smallest absolute Gasteiger partial charge is 0.241 e. The number of hydrogen-bond donors (Lipinski definition) is 1. The quantitative estimate of drug-likeness (QED) is 0.834. The third kappa shape index (κ3) is 3.38. The Labute approximate surface area is 107 Å². The maximum absolute atomic E-state index is 5.25. The van der Waals surface area contributed by atoms with Crippen molar-refractivity contribution in [2.75, 3.05) is 27.2 Å². The fraction of sp³-hybridized carbons (Fsp3) is 0.385. The average Bonchev–Trinajstić information content (AvgIpc) is 2.86. The van der Waals surface area contributed by atoms with E-state index in [4.69, 9.17) is 4.52 Å². The van der Waals surface area contributed by atoms with Crippen LogP contribution in [-0.2, 0) is 6.54 Å². The van der Waals surface area contributed by atoms with Gasteiger partial charge in [-0.3, -0.25) is 4.90 Å². The Morgan fingerprint density at radius 2 is 2.06 bits per heavy atom. The first-order chi connectivity index (χ1) is 8.79. The van der Waals surface area contributed by atoms with Gasteiger partial charge in [0.2, 0.25) is 11.7 Å². The summed E-state index contributed by atoms with van der Waals surface area (Å²) in [6.07, 6.45) is 0. The molecule has 0 spiro atoms. The Morgan fingerprint density at radius 1 is 1.28 bits per heavy atom. The summed E-state index contributed by atoms with van der Waals surface area (Å²) in [5.74, 6) is 1.29. The minimum absolute atomic E-state index is 0.646. The molecule has 0 saturated heterocycles. The molecule has 1 heterocycles. The summed E-state index contributed by atoms with van der Waals surface area (Å²) in [6, 6.07) is 9.84. The van der Waals surface area contributed by atoms with Gasteiger partial charge >= 0.3 is 0 Å². The molecule has 0 bridgehead atoms. The van der Waals surface area contributed by atoms with Crippen molar-refractivity contribution in [3.05, 3.63) is 36.2 Å². The third-order valence-electron chi connectivity index (χ3n) is 2.65. The lowest BCUT2D eigenvalue weighted by Crippen LogP contribution is -2.27. The second-order valence-corrected chi connectivity index (χ2v) is 4.22. The van der Waals surface area contributed by atoms with Gasteiger partial charge in [-0.05, 0) is 14.1 Å². The first-order valence-electron chi connectivity index (χ1n) is 6.00. The fourth-order valence-electron chi connectivity index (χ4n) is 1.64. The molecule has 0 atom stereocenters. The van der Waals surface area contributed by atoms with E-state index in [9.17, 15) is 0 Å². The van der Waals surface area contributed by atoms with E-state index in [0.29, 0.717) is 18.3 Å². The van der Waals surface area contributed by atoms with Gasteiger partial charge in [0.15, 0.2) is 0 Å². The highest BCUT2D eigenvalue weighted by Gasteiger charge is 2.09. The lowest BCUT2D eigenvalue weighted by Gasteiger charge is -2.12. The van der Waals surface area contributed by atoms with E-state index in [1.165, 1.54) is 0 Å². The molecule has 2 rings (SSSR count). The summed E-state index contributed by atoms with van der Waals surface area (Å²) in [5, 5.41) is 7.10. The topological polar surface area (TPSA) is 54.2 Å². The largest absolute Gasteiger partial charge is 0.338 e. The van der Waals surface area contributed by atoms with Crippen molar-refractivity contribution in [3.63, 3.8) is 0 Å². The Kier molecular flexibility index (Phi) is 4.44. The summed E-state index contributed by atoms with van der Waals surface area (Å²) in [5.41, 5.74) is 0.977. The van der Waals surface area contributed by atoms with Crippen LogP contribution in [0.3, 0.4) is 0 Å². The monoisotopic (exact) mass is 246 g/mol. The number of aromatic nitrogens is 2. The second kappa shape index (κ2) is 6.28. The lowest BCUT2D eigenvalue weighted by molar-refractivity contribution is 0.268. The van der Waals surface area contributed by atoms with E-state index in [0.717, 1.165) is 18.7 Å². The van der Waals surface area contributed by atoms with Crippen molar-refractivity contribution in [3.8, 4) is 11.4 Å². The number of rotatable bonds is 6. The Hall–Kier alpha value is -1.72. The molecule has 0 aliphatic rings. The van der Waals surface area contributed by atoms with Crippen molar-refractivity contribution < 1.29 is 4.52 Å². The summed E-state index contributed by atoms with van der Waals surface area (Å²) in [7, 11) is 3.97. The van der Waals surface area contributed by atoms with E-state index in [1.807, 2.05) is 44.4 Å². The van der Waals surface area contributed by atoms with E-state index in [1.54, 1.807) is 0 Å². The van der Waals surface area contributed by atoms with E-state index < -0.39 is 0 Å².